The molecule has 2 atom stereocenters. The quantitative estimate of drug-likeness (QED) is 0.0482. The van der Waals surface area contributed by atoms with Gasteiger partial charge in [0.15, 0.2) is 5.11 Å². The third kappa shape index (κ3) is 20.7. The summed E-state index contributed by atoms with van der Waals surface area (Å²) in [4.78, 5) is 79.4. The summed E-state index contributed by atoms with van der Waals surface area (Å²) < 4.78 is 11.0. The van der Waals surface area contributed by atoms with Gasteiger partial charge in [0.05, 0.1) is 46.0 Å². The maximum absolute atomic E-state index is 13.3. The minimum absolute atomic E-state index is 0.00459. The van der Waals surface area contributed by atoms with Gasteiger partial charge in [0.1, 0.15) is 18.4 Å². The summed E-state index contributed by atoms with van der Waals surface area (Å²) in [6, 6.07) is 13.4. The van der Waals surface area contributed by atoms with E-state index in [0.29, 0.717) is 63.1 Å². The zero-order chi connectivity index (χ0) is 47.1. The number of ketones is 1. The Morgan fingerprint density at radius 3 is 1.85 bits per heavy atom. The highest BCUT2D eigenvalue weighted by atomic mass is 32.1. The third-order valence-electron chi connectivity index (χ3n) is 11.3. The smallest absolute Gasteiger partial charge is 0.320 e. The third-order valence-corrected chi connectivity index (χ3v) is 11.5. The second-order valence-corrected chi connectivity index (χ2v) is 16.8. The van der Waals surface area contributed by atoms with Gasteiger partial charge >= 0.3 is 23.9 Å². The van der Waals surface area contributed by atoms with Gasteiger partial charge in [-0.25, -0.2) is 0 Å². The first kappa shape index (κ1) is 52.5. The molecule has 1 saturated carbocycles. The summed E-state index contributed by atoms with van der Waals surface area (Å²) in [7, 11) is 0. The number of nitrogens with two attached hydrogens (primary N) is 1. The largest absolute Gasteiger partial charge is 0.480 e. The van der Waals surface area contributed by atoms with Crippen LogP contribution in [-0.4, -0.2) is 198 Å². The highest BCUT2D eigenvalue weighted by molar-refractivity contribution is 7.80. The van der Waals surface area contributed by atoms with Crippen molar-refractivity contribution < 1.29 is 58.7 Å². The van der Waals surface area contributed by atoms with Gasteiger partial charge in [0.25, 0.3) is 0 Å². The molecule has 2 aromatic rings. The van der Waals surface area contributed by atoms with E-state index in [2.05, 4.69) is 16.0 Å². The Bertz CT molecular complexity index is 1870. The van der Waals surface area contributed by atoms with E-state index in [0.717, 1.165) is 36.0 Å². The lowest BCUT2D eigenvalue weighted by atomic mass is 9.82. The van der Waals surface area contributed by atoms with E-state index in [1.807, 2.05) is 34.1 Å². The molecule has 1 aliphatic heterocycles. The predicted molar refractivity (Wildman–Crippen MR) is 244 cm³/mol. The second kappa shape index (κ2) is 28.0. The van der Waals surface area contributed by atoms with Gasteiger partial charge in [-0.3, -0.25) is 48.4 Å². The van der Waals surface area contributed by atoms with Crippen molar-refractivity contribution in [2.45, 2.75) is 50.7 Å². The van der Waals surface area contributed by atoms with Crippen molar-refractivity contribution in [3.8, 4) is 0 Å². The summed E-state index contributed by atoms with van der Waals surface area (Å²) in [5, 5.41) is 47.5. The average Bonchev–Trinajstić information content (AvgIpc) is 3.22. The average molecular weight is 929 g/mol. The first-order chi connectivity index (χ1) is 31.1. The van der Waals surface area contributed by atoms with Crippen LogP contribution in [0.2, 0.25) is 0 Å². The number of carboxylic acid groups (broad SMARTS) is 4. The molecule has 1 amide bonds. The van der Waals surface area contributed by atoms with Crippen LogP contribution >= 0.6 is 12.2 Å². The molecule has 9 N–H and O–H groups in total. The number of nitrogens with zero attached hydrogens (tertiary/aromatic N) is 4. The number of benzene rings is 2. The molecule has 0 bridgehead atoms. The first-order valence-electron chi connectivity index (χ1n) is 21.8. The highest BCUT2D eigenvalue weighted by Crippen LogP contribution is 2.27. The summed E-state index contributed by atoms with van der Waals surface area (Å²) >= 11 is 5.47. The number of rotatable bonds is 25. The minimum Gasteiger partial charge on any atom is -0.480 e. The summed E-state index contributed by atoms with van der Waals surface area (Å²) in [6.45, 7) is 2.87. The molecule has 20 nitrogen and oxygen atoms in total. The van der Waals surface area contributed by atoms with E-state index in [9.17, 15) is 44.1 Å². The van der Waals surface area contributed by atoms with Gasteiger partial charge in [-0.05, 0) is 66.7 Å². The molecule has 2 aromatic carbocycles. The van der Waals surface area contributed by atoms with Crippen molar-refractivity contribution >= 4 is 58.6 Å². The van der Waals surface area contributed by atoms with E-state index in [-0.39, 0.29) is 95.7 Å². The Kier molecular flexibility index (Phi) is 22.6. The molecule has 0 radical (unpaired) electrons. The van der Waals surface area contributed by atoms with Crippen LogP contribution in [0.25, 0.3) is 0 Å². The summed E-state index contributed by atoms with van der Waals surface area (Å²) in [6.07, 6.45) is 3.33. The van der Waals surface area contributed by atoms with Crippen molar-refractivity contribution in [1.82, 2.24) is 30.2 Å². The molecule has 1 heterocycles. The van der Waals surface area contributed by atoms with E-state index in [1.54, 1.807) is 34.1 Å². The number of hydrogen-bond acceptors (Lipinski definition) is 14. The Morgan fingerprint density at radius 2 is 1.26 bits per heavy atom. The SMILES string of the molecule is N[C@@H](Cc1ccc(CNC(=O)COCCOCCNC(=S)Nc2ccc(CC3CN(CC(=O)C4CCC4)CCN(CC(=O)O)CCN(CC(=O)O)CCN3CC(=O)O)cc2)cc1)C(=O)O. The molecule has 2 aliphatic rings. The van der Waals surface area contributed by atoms with Gasteiger partial charge in [0.2, 0.25) is 5.91 Å². The number of carboxylic acids is 4. The van der Waals surface area contributed by atoms with E-state index in [1.165, 1.54) is 0 Å². The van der Waals surface area contributed by atoms with Crippen LogP contribution in [-0.2, 0) is 57.6 Å². The molecule has 0 spiro atoms. The standard InChI is InChI=1S/C44H64N8O12S/c45-37(43(61)62)23-32-4-6-33(7-5-32)24-47-39(54)30-64-21-20-63-19-12-46-44(65)48-35-10-8-31(9-11-35)22-36-25-51(26-38(53)34-2-1-3-34)16-15-49(27-40(55)56)13-14-50(28-41(57)58)17-18-52(36)29-42(59)60/h4-11,34,36-37H,1-3,12-30,45H2,(H,47,54)(H,55,56)(H,57,58)(H,59,60)(H,61,62)(H2,46,48,65)/t36?,37-/m0/s1. The molecule has 0 aromatic heterocycles. The maximum Gasteiger partial charge on any atom is 0.320 e. The fourth-order valence-electron chi connectivity index (χ4n) is 7.42. The molecule has 65 heavy (non-hydrogen) atoms. The number of hydrogen-bond donors (Lipinski definition) is 8. The number of amides is 1. The van der Waals surface area contributed by atoms with Crippen molar-refractivity contribution in [1.29, 1.82) is 0 Å². The number of carbonyl (C=O) groups is 6. The van der Waals surface area contributed by atoms with E-state index >= 15 is 0 Å². The lowest BCUT2D eigenvalue weighted by Gasteiger charge is -2.38. The van der Waals surface area contributed by atoms with Crippen molar-refractivity contribution in [3.05, 3.63) is 65.2 Å². The number of nitrogens with one attached hydrogen (secondary N) is 3. The maximum atomic E-state index is 13.3. The van der Waals surface area contributed by atoms with Crippen LogP contribution < -0.4 is 21.7 Å². The molecule has 1 aliphatic carbocycles. The Balaban J connectivity index is 1.24. The van der Waals surface area contributed by atoms with Crippen molar-refractivity contribution in [3.63, 3.8) is 0 Å². The molecular formula is C44H64N8O12S. The highest BCUT2D eigenvalue weighted by Gasteiger charge is 2.30. The van der Waals surface area contributed by atoms with Crippen molar-refractivity contribution in [2.24, 2.45) is 11.7 Å². The van der Waals surface area contributed by atoms with E-state index in [4.69, 9.17) is 32.5 Å². The second-order valence-electron chi connectivity index (χ2n) is 16.4. The Morgan fingerprint density at radius 1 is 0.692 bits per heavy atom. The van der Waals surface area contributed by atoms with Crippen LogP contribution in [0.3, 0.4) is 0 Å². The molecular weight excluding hydrogens is 865 g/mol. The lowest BCUT2D eigenvalue weighted by Crippen LogP contribution is -2.53. The zero-order valence-electron chi connectivity index (χ0n) is 36.7. The van der Waals surface area contributed by atoms with Gasteiger partial charge in [-0.15, -0.1) is 0 Å². The molecule has 4 rings (SSSR count). The van der Waals surface area contributed by atoms with Crippen LogP contribution in [0, 0.1) is 5.92 Å². The van der Waals surface area contributed by atoms with Gasteiger partial charge in [0, 0.05) is 76.5 Å². The Labute approximate surface area is 384 Å². The molecule has 358 valence electrons. The number of thiocarbonyl (C=S) groups is 1. The van der Waals surface area contributed by atoms with Gasteiger partial charge in [-0.2, -0.15) is 0 Å². The van der Waals surface area contributed by atoms with Crippen LogP contribution in [0.5, 0.6) is 0 Å². The van der Waals surface area contributed by atoms with Crippen LogP contribution in [0.4, 0.5) is 5.69 Å². The van der Waals surface area contributed by atoms with Crippen LogP contribution in [0.1, 0.15) is 36.0 Å². The molecule has 21 heteroatoms. The minimum atomic E-state index is -1.06. The normalized spacial score (nSPS) is 17.7. The number of anilines is 1. The topological polar surface area (TPSA) is 277 Å². The predicted octanol–water partition coefficient (Wildman–Crippen LogP) is 0.0327. The van der Waals surface area contributed by atoms with E-state index < -0.39 is 29.9 Å². The number of Topliss-reactive ketones (excluding diaryl/α,β-unsaturated/α-hetero) is 1. The summed E-state index contributed by atoms with van der Waals surface area (Å²) in [5.74, 6) is -4.30. The fourth-order valence-corrected chi connectivity index (χ4v) is 7.64. The van der Waals surface area contributed by atoms with Crippen LogP contribution in [0.15, 0.2) is 48.5 Å². The number of carbonyl (C=O) groups excluding carboxylic acids is 2. The lowest BCUT2D eigenvalue weighted by molar-refractivity contribution is -0.141. The molecule has 1 saturated heterocycles. The van der Waals surface area contributed by atoms with Gasteiger partial charge < -0.3 is 51.6 Å². The number of aliphatic carboxylic acids is 4. The van der Waals surface area contributed by atoms with Gasteiger partial charge in [-0.1, -0.05) is 42.8 Å². The fraction of sp³-hybridized carbons (Fsp3) is 0.568. The Hall–Kier alpha value is -5.13. The molecule has 1 unspecified atom stereocenters. The van der Waals surface area contributed by atoms with Crippen molar-refractivity contribution in [2.75, 3.05) is 110 Å². The zero-order valence-corrected chi connectivity index (χ0v) is 37.6. The molecule has 2 fully saturated rings. The first-order valence-corrected chi connectivity index (χ1v) is 22.3. The monoisotopic (exact) mass is 928 g/mol. The summed E-state index contributed by atoms with van der Waals surface area (Å²) in [5.41, 5.74) is 8.83. The number of ether oxygens (including phenoxy) is 2.